The molecule has 0 fully saturated rings. The van der Waals surface area contributed by atoms with Crippen molar-refractivity contribution < 1.29 is 17.5 Å². The van der Waals surface area contributed by atoms with Crippen LogP contribution in [0.25, 0.3) is 0 Å². The average molecular weight is 207 g/mol. The summed E-state index contributed by atoms with van der Waals surface area (Å²) in [6.07, 6.45) is 2.23. The monoisotopic (exact) mass is 207 g/mol. The Balaban J connectivity index is 2.29. The molecule has 1 aromatic rings. The van der Waals surface area contributed by atoms with E-state index in [1.54, 1.807) is 0 Å². The molecular weight excluding hydrogens is 198 g/mol. The highest BCUT2D eigenvalue weighted by Crippen LogP contribution is 1.91. The first-order chi connectivity index (χ1) is 5.58. The Morgan fingerprint density at radius 2 is 2.25 bits per heavy atom. The number of aromatic nitrogens is 1. The molecule has 0 aliphatic heterocycles. The quantitative estimate of drug-likeness (QED) is 0.514. The summed E-state index contributed by atoms with van der Waals surface area (Å²) in [6.45, 7) is 0.588. The van der Waals surface area contributed by atoms with Gasteiger partial charge in [0, 0.05) is 12.2 Å². The van der Waals surface area contributed by atoms with Crippen molar-refractivity contribution in [3.05, 3.63) is 17.1 Å². The van der Waals surface area contributed by atoms with E-state index in [0.717, 1.165) is 0 Å². The van der Waals surface area contributed by atoms with Gasteiger partial charge in [-0.3, -0.25) is 0 Å². The molecule has 6 heteroatoms. The van der Waals surface area contributed by atoms with Crippen LogP contribution in [0.5, 0.6) is 0 Å². The van der Waals surface area contributed by atoms with Gasteiger partial charge in [0.25, 0.3) is 0 Å². The molecule has 1 aromatic heterocycles. The topological polar surface area (TPSA) is 61.1 Å². The van der Waals surface area contributed by atoms with Gasteiger partial charge in [-0.1, -0.05) is 11.3 Å². The molecule has 0 aromatic carbocycles. The van der Waals surface area contributed by atoms with Crippen molar-refractivity contribution in [1.82, 2.24) is 0 Å². The van der Waals surface area contributed by atoms with Crippen molar-refractivity contribution in [3.8, 4) is 0 Å². The summed E-state index contributed by atoms with van der Waals surface area (Å²) in [5.74, 6) is -0.282. The van der Waals surface area contributed by atoms with E-state index < -0.39 is 10.1 Å². The summed E-state index contributed by atoms with van der Waals surface area (Å²) < 4.78 is 32.4. The van der Waals surface area contributed by atoms with Gasteiger partial charge in [0.2, 0.25) is 5.51 Å². The van der Waals surface area contributed by atoms with Crippen LogP contribution in [-0.2, 0) is 16.7 Å². The molecule has 0 aliphatic carbocycles. The van der Waals surface area contributed by atoms with E-state index in [2.05, 4.69) is 0 Å². The lowest BCUT2D eigenvalue weighted by molar-refractivity contribution is -0.692. The van der Waals surface area contributed by atoms with E-state index in [0.29, 0.717) is 13.0 Å². The van der Waals surface area contributed by atoms with Gasteiger partial charge in [0.15, 0.2) is 6.20 Å². The van der Waals surface area contributed by atoms with Crippen molar-refractivity contribution in [2.75, 3.05) is 5.75 Å². The SMILES string of the molecule is O=S(=O)([O-])CCC[n+]1ccsc1. The molecule has 1 heterocycles. The number of rotatable bonds is 4. The second-order valence-corrected chi connectivity index (χ2v) is 4.66. The third-order valence-corrected chi connectivity index (χ3v) is 2.80. The Labute approximate surface area is 75.2 Å². The van der Waals surface area contributed by atoms with Crippen LogP contribution in [0.15, 0.2) is 17.1 Å². The molecule has 0 saturated carbocycles. The van der Waals surface area contributed by atoms with Crippen molar-refractivity contribution in [1.29, 1.82) is 0 Å². The fourth-order valence-electron chi connectivity index (χ4n) is 0.813. The van der Waals surface area contributed by atoms with E-state index in [4.69, 9.17) is 0 Å². The Morgan fingerprint density at radius 3 is 2.75 bits per heavy atom. The lowest BCUT2D eigenvalue weighted by atomic mass is 10.5. The third kappa shape index (κ3) is 3.80. The lowest BCUT2D eigenvalue weighted by Crippen LogP contribution is -2.31. The minimum Gasteiger partial charge on any atom is -0.748 e. The predicted molar refractivity (Wildman–Crippen MR) is 43.7 cm³/mol. The van der Waals surface area contributed by atoms with E-state index in [9.17, 15) is 13.0 Å². The molecule has 0 saturated heterocycles. The van der Waals surface area contributed by atoms with E-state index in [1.807, 2.05) is 21.7 Å². The summed E-state index contributed by atoms with van der Waals surface area (Å²) >= 11 is 1.53. The largest absolute Gasteiger partial charge is 0.748 e. The first kappa shape index (κ1) is 9.63. The Kier molecular flexibility index (Phi) is 3.19. The van der Waals surface area contributed by atoms with E-state index in [-0.39, 0.29) is 5.75 Å². The van der Waals surface area contributed by atoms with Crippen LogP contribution in [0.1, 0.15) is 6.42 Å². The summed E-state index contributed by atoms with van der Waals surface area (Å²) in [7, 11) is -4.04. The minimum atomic E-state index is -4.04. The maximum atomic E-state index is 10.2. The molecule has 0 amide bonds. The molecule has 0 aliphatic rings. The van der Waals surface area contributed by atoms with Crippen LogP contribution < -0.4 is 4.57 Å². The van der Waals surface area contributed by atoms with Gasteiger partial charge in [-0.25, -0.2) is 8.42 Å². The highest BCUT2D eigenvalue weighted by molar-refractivity contribution is 7.85. The second kappa shape index (κ2) is 3.97. The van der Waals surface area contributed by atoms with Crippen molar-refractivity contribution >= 4 is 21.5 Å². The number of nitrogens with zero attached hydrogens (tertiary/aromatic N) is 1. The smallest absolute Gasteiger partial charge is 0.224 e. The second-order valence-electron chi connectivity index (χ2n) is 2.38. The molecule has 0 N–H and O–H groups in total. The maximum absolute atomic E-state index is 10.2. The van der Waals surface area contributed by atoms with Crippen molar-refractivity contribution in [2.24, 2.45) is 0 Å². The molecular formula is C6H9NO3S2. The zero-order valence-electron chi connectivity index (χ0n) is 6.34. The van der Waals surface area contributed by atoms with Gasteiger partial charge in [-0.05, 0) is 0 Å². The zero-order chi connectivity index (χ0) is 9.03. The Hall–Kier alpha value is -0.460. The highest BCUT2D eigenvalue weighted by atomic mass is 32.2. The fourth-order valence-corrected chi connectivity index (χ4v) is 1.92. The van der Waals surface area contributed by atoms with Gasteiger partial charge in [-0.15, -0.1) is 0 Å². The molecule has 4 nitrogen and oxygen atoms in total. The van der Waals surface area contributed by atoms with Gasteiger partial charge in [-0.2, -0.15) is 4.57 Å². The van der Waals surface area contributed by atoms with Crippen LogP contribution in [0.3, 0.4) is 0 Å². The van der Waals surface area contributed by atoms with E-state index in [1.165, 1.54) is 11.3 Å². The van der Waals surface area contributed by atoms with Gasteiger partial charge in [0.05, 0.1) is 15.5 Å². The third-order valence-electron chi connectivity index (χ3n) is 1.34. The van der Waals surface area contributed by atoms with Gasteiger partial charge in [0.1, 0.15) is 6.54 Å². The standard InChI is InChI=1S/C6H9NO3S2/c8-12(9,10)5-1-2-7-3-4-11-6-7/h3-4,6H,1-2,5H2. The lowest BCUT2D eigenvalue weighted by Gasteiger charge is -2.02. The normalized spacial score (nSPS) is 11.8. The molecule has 12 heavy (non-hydrogen) atoms. The van der Waals surface area contributed by atoms with Crippen molar-refractivity contribution in [2.45, 2.75) is 13.0 Å². The molecule has 68 valence electrons. The fraction of sp³-hybridized carbons (Fsp3) is 0.500. The predicted octanol–water partition coefficient (Wildman–Crippen LogP) is -0.0291. The first-order valence-electron chi connectivity index (χ1n) is 3.43. The molecule has 0 atom stereocenters. The highest BCUT2D eigenvalue weighted by Gasteiger charge is 2.01. The van der Waals surface area contributed by atoms with Gasteiger partial charge >= 0.3 is 0 Å². The average Bonchev–Trinajstić information content (AvgIpc) is 2.36. The van der Waals surface area contributed by atoms with Crippen LogP contribution in [-0.4, -0.2) is 18.7 Å². The van der Waals surface area contributed by atoms with Gasteiger partial charge < -0.3 is 4.55 Å². The summed E-state index contributed by atoms with van der Waals surface area (Å²) in [5, 5.41) is 1.89. The molecule has 0 bridgehead atoms. The molecule has 0 radical (unpaired) electrons. The molecule has 0 spiro atoms. The Bertz CT molecular complexity index is 317. The number of hydrogen-bond donors (Lipinski definition) is 0. The van der Waals surface area contributed by atoms with Crippen LogP contribution in [0.4, 0.5) is 0 Å². The molecule has 1 rings (SSSR count). The minimum absolute atomic E-state index is 0.282. The number of hydrogen-bond acceptors (Lipinski definition) is 4. The zero-order valence-corrected chi connectivity index (χ0v) is 7.97. The summed E-state index contributed by atoms with van der Waals surface area (Å²) in [5.41, 5.74) is 1.87. The maximum Gasteiger partial charge on any atom is 0.224 e. The number of thiazole rings is 1. The van der Waals surface area contributed by atoms with Crippen LogP contribution >= 0.6 is 11.3 Å². The molecule has 0 unspecified atom stereocenters. The number of aryl methyl sites for hydroxylation is 1. The van der Waals surface area contributed by atoms with Crippen molar-refractivity contribution in [3.63, 3.8) is 0 Å². The summed E-state index contributed by atoms with van der Waals surface area (Å²) in [6, 6.07) is 0. The van der Waals surface area contributed by atoms with Crippen LogP contribution in [0.2, 0.25) is 0 Å². The Morgan fingerprint density at radius 1 is 1.50 bits per heavy atom. The van der Waals surface area contributed by atoms with E-state index >= 15 is 0 Å². The van der Waals surface area contributed by atoms with Crippen LogP contribution in [0, 0.1) is 0 Å². The first-order valence-corrected chi connectivity index (χ1v) is 5.95. The summed E-state index contributed by atoms with van der Waals surface area (Å²) in [4.78, 5) is 0.